The van der Waals surface area contributed by atoms with Crippen molar-refractivity contribution in [1.29, 1.82) is 0 Å². The molecule has 3 rings (SSSR count). The van der Waals surface area contributed by atoms with Gasteiger partial charge in [0.05, 0.1) is 12.1 Å². The minimum Gasteiger partial charge on any atom is -0.347 e. The number of hydrogen-bond donors (Lipinski definition) is 2. The molecule has 8 nitrogen and oxygen atoms in total. The lowest BCUT2D eigenvalue weighted by Crippen LogP contribution is -2.54. The van der Waals surface area contributed by atoms with Crippen molar-refractivity contribution < 1.29 is 14.4 Å². The number of anilines is 1. The van der Waals surface area contributed by atoms with Gasteiger partial charge in [0, 0.05) is 26.0 Å². The number of urea groups is 1. The molecule has 0 bridgehead atoms. The highest BCUT2D eigenvalue weighted by molar-refractivity contribution is 5.95. The molecule has 1 unspecified atom stereocenters. The number of amides is 4. The van der Waals surface area contributed by atoms with Crippen LogP contribution >= 0.6 is 0 Å². The molecule has 142 valence electrons. The Morgan fingerprint density at radius 3 is 2.78 bits per heavy atom. The predicted octanol–water partition coefficient (Wildman–Crippen LogP) is 1.44. The first-order valence-electron chi connectivity index (χ1n) is 8.86. The zero-order chi connectivity index (χ0) is 19.4. The molecule has 1 aliphatic rings. The molecule has 2 N–H and O–H groups in total. The minimum atomic E-state index is -0.644. The summed E-state index contributed by atoms with van der Waals surface area (Å²) in [6.07, 6.45) is 1.27. The van der Waals surface area contributed by atoms with Crippen molar-refractivity contribution in [1.82, 2.24) is 20.1 Å². The summed E-state index contributed by atoms with van der Waals surface area (Å²) in [5, 5.41) is 6.34. The standard InChI is InChI=1S/C19H23N5O3/c1-23(2)17(25)12-24-11-5-8-15(18(24)26)21-19(27)22-16-10-9-13-6-3-4-7-14(13)20-16/h3-4,6-7,9-10,15H,5,8,11-12H2,1-2H3,(H2,20,21,22,27). The third-order valence-corrected chi connectivity index (χ3v) is 4.50. The number of fused-ring (bicyclic) bond motifs is 1. The Kier molecular flexibility index (Phi) is 5.54. The van der Waals surface area contributed by atoms with Gasteiger partial charge in [-0.15, -0.1) is 0 Å². The number of hydrogen-bond acceptors (Lipinski definition) is 4. The van der Waals surface area contributed by atoms with Crippen LogP contribution in [0.1, 0.15) is 12.8 Å². The van der Waals surface area contributed by atoms with Crippen LogP contribution in [0.15, 0.2) is 36.4 Å². The van der Waals surface area contributed by atoms with Crippen molar-refractivity contribution in [3.63, 3.8) is 0 Å². The van der Waals surface area contributed by atoms with E-state index in [9.17, 15) is 14.4 Å². The Labute approximate surface area is 157 Å². The number of nitrogens with one attached hydrogen (secondary N) is 2. The summed E-state index contributed by atoms with van der Waals surface area (Å²) in [6.45, 7) is 0.544. The number of carbonyl (C=O) groups excluding carboxylic acids is 3. The number of aromatic nitrogens is 1. The highest BCUT2D eigenvalue weighted by atomic mass is 16.2. The van der Waals surface area contributed by atoms with E-state index in [4.69, 9.17) is 0 Å². The Morgan fingerprint density at radius 2 is 2.00 bits per heavy atom. The summed E-state index contributed by atoms with van der Waals surface area (Å²) in [6, 6.07) is 10.1. The van der Waals surface area contributed by atoms with Gasteiger partial charge < -0.3 is 15.1 Å². The summed E-state index contributed by atoms with van der Waals surface area (Å²) in [5.74, 6) is 0.0287. The molecule has 1 atom stereocenters. The first kappa shape index (κ1) is 18.6. The van der Waals surface area contributed by atoms with E-state index < -0.39 is 12.1 Å². The molecule has 1 aromatic carbocycles. The van der Waals surface area contributed by atoms with Gasteiger partial charge in [-0.1, -0.05) is 18.2 Å². The molecule has 1 aromatic heterocycles. The molecule has 4 amide bonds. The number of likely N-dealkylation sites (tertiary alicyclic amines) is 1. The molecule has 27 heavy (non-hydrogen) atoms. The van der Waals surface area contributed by atoms with Crippen LogP contribution in [-0.2, 0) is 9.59 Å². The maximum absolute atomic E-state index is 12.5. The van der Waals surface area contributed by atoms with Crippen molar-refractivity contribution >= 4 is 34.6 Å². The second-order valence-electron chi connectivity index (χ2n) is 6.73. The van der Waals surface area contributed by atoms with Crippen molar-refractivity contribution in [2.24, 2.45) is 0 Å². The van der Waals surface area contributed by atoms with Gasteiger partial charge in [-0.2, -0.15) is 0 Å². The smallest absolute Gasteiger partial charge is 0.321 e. The Hall–Kier alpha value is -3.16. The first-order valence-corrected chi connectivity index (χ1v) is 8.86. The van der Waals surface area contributed by atoms with Crippen molar-refractivity contribution in [2.45, 2.75) is 18.9 Å². The number of piperidine rings is 1. The molecule has 2 aromatic rings. The largest absolute Gasteiger partial charge is 0.347 e. The van der Waals surface area contributed by atoms with Gasteiger partial charge in [0.15, 0.2) is 0 Å². The number of pyridine rings is 1. The van der Waals surface area contributed by atoms with Crippen LogP contribution in [0.25, 0.3) is 10.9 Å². The van der Waals surface area contributed by atoms with Crippen LogP contribution in [0, 0.1) is 0 Å². The maximum Gasteiger partial charge on any atom is 0.321 e. The number of rotatable bonds is 4. The van der Waals surface area contributed by atoms with Crippen molar-refractivity contribution in [3.05, 3.63) is 36.4 Å². The molecule has 1 fully saturated rings. The van der Waals surface area contributed by atoms with E-state index in [1.807, 2.05) is 30.3 Å². The van der Waals surface area contributed by atoms with Gasteiger partial charge in [-0.3, -0.25) is 14.9 Å². The fraction of sp³-hybridized carbons (Fsp3) is 0.368. The molecule has 8 heteroatoms. The second kappa shape index (κ2) is 8.03. The van der Waals surface area contributed by atoms with Crippen LogP contribution in [0.2, 0.25) is 0 Å². The van der Waals surface area contributed by atoms with E-state index in [1.54, 1.807) is 20.2 Å². The first-order chi connectivity index (χ1) is 12.9. The zero-order valence-electron chi connectivity index (χ0n) is 15.4. The summed E-state index contributed by atoms with van der Waals surface area (Å²) in [5.41, 5.74) is 0.775. The Balaban J connectivity index is 1.60. The summed E-state index contributed by atoms with van der Waals surface area (Å²) in [7, 11) is 3.30. The number of likely N-dealkylation sites (N-methyl/N-ethyl adjacent to an activating group) is 1. The van der Waals surface area contributed by atoms with Gasteiger partial charge in [0.1, 0.15) is 11.9 Å². The molecule has 2 heterocycles. The molecule has 0 spiro atoms. The lowest BCUT2D eigenvalue weighted by Gasteiger charge is -2.32. The molecule has 0 aliphatic carbocycles. The monoisotopic (exact) mass is 369 g/mol. The summed E-state index contributed by atoms with van der Waals surface area (Å²) >= 11 is 0. The molecular weight excluding hydrogens is 346 g/mol. The van der Waals surface area contributed by atoms with E-state index in [2.05, 4.69) is 15.6 Å². The Bertz CT molecular complexity index is 867. The fourth-order valence-electron chi connectivity index (χ4n) is 2.98. The van der Waals surface area contributed by atoms with Gasteiger partial charge in [-0.05, 0) is 31.0 Å². The normalized spacial score (nSPS) is 16.9. The van der Waals surface area contributed by atoms with Crippen LogP contribution in [0.4, 0.5) is 10.6 Å². The van der Waals surface area contributed by atoms with Crippen molar-refractivity contribution in [2.75, 3.05) is 32.5 Å². The Morgan fingerprint density at radius 1 is 1.22 bits per heavy atom. The zero-order valence-corrected chi connectivity index (χ0v) is 15.4. The number of benzene rings is 1. The van der Waals surface area contributed by atoms with Gasteiger partial charge in [0.25, 0.3) is 0 Å². The molecule has 1 saturated heterocycles. The van der Waals surface area contributed by atoms with Crippen molar-refractivity contribution in [3.8, 4) is 0 Å². The van der Waals surface area contributed by atoms with Gasteiger partial charge in [-0.25, -0.2) is 9.78 Å². The lowest BCUT2D eigenvalue weighted by atomic mass is 10.0. The quantitative estimate of drug-likeness (QED) is 0.852. The third kappa shape index (κ3) is 4.52. The predicted molar refractivity (Wildman–Crippen MR) is 102 cm³/mol. The second-order valence-corrected chi connectivity index (χ2v) is 6.73. The highest BCUT2D eigenvalue weighted by Gasteiger charge is 2.31. The molecule has 0 saturated carbocycles. The van der Waals surface area contributed by atoms with Crippen LogP contribution in [-0.4, -0.2) is 65.9 Å². The van der Waals surface area contributed by atoms with E-state index >= 15 is 0 Å². The van der Waals surface area contributed by atoms with Crippen LogP contribution in [0.3, 0.4) is 0 Å². The summed E-state index contributed by atoms with van der Waals surface area (Å²) in [4.78, 5) is 44.0. The number of carbonyl (C=O) groups is 3. The van der Waals surface area contributed by atoms with E-state index in [-0.39, 0.29) is 18.4 Å². The minimum absolute atomic E-state index is 0.0257. The SMILES string of the molecule is CN(C)C(=O)CN1CCCC(NC(=O)Nc2ccc3ccccc3n2)C1=O. The summed E-state index contributed by atoms with van der Waals surface area (Å²) < 4.78 is 0. The van der Waals surface area contributed by atoms with Crippen LogP contribution in [0.5, 0.6) is 0 Å². The number of para-hydroxylation sites is 1. The third-order valence-electron chi connectivity index (χ3n) is 4.50. The maximum atomic E-state index is 12.5. The van der Waals surface area contributed by atoms with E-state index in [1.165, 1.54) is 9.80 Å². The number of nitrogens with zero attached hydrogens (tertiary/aromatic N) is 3. The van der Waals surface area contributed by atoms with Gasteiger partial charge >= 0.3 is 6.03 Å². The van der Waals surface area contributed by atoms with Crippen LogP contribution < -0.4 is 10.6 Å². The highest BCUT2D eigenvalue weighted by Crippen LogP contribution is 2.15. The van der Waals surface area contributed by atoms with E-state index in [0.717, 1.165) is 17.3 Å². The lowest BCUT2D eigenvalue weighted by molar-refractivity contribution is -0.142. The van der Waals surface area contributed by atoms with E-state index in [0.29, 0.717) is 18.8 Å². The molecule has 0 radical (unpaired) electrons. The molecule has 1 aliphatic heterocycles. The van der Waals surface area contributed by atoms with Gasteiger partial charge in [0.2, 0.25) is 11.8 Å². The topological polar surface area (TPSA) is 94.6 Å². The average Bonchev–Trinajstić information content (AvgIpc) is 2.64. The molecular formula is C19H23N5O3. The average molecular weight is 369 g/mol. The fourth-order valence-corrected chi connectivity index (χ4v) is 2.98.